The molecule has 2 aromatic carbocycles. The molecule has 2 fully saturated rings. The minimum absolute atomic E-state index is 0.0971. The Balaban J connectivity index is 1.32. The fourth-order valence-electron chi connectivity index (χ4n) is 4.54. The Morgan fingerprint density at radius 1 is 0.750 bits per heavy atom. The number of anilines is 6. The summed E-state index contributed by atoms with van der Waals surface area (Å²) in [5.41, 5.74) is 2.78. The molecule has 2 N–H and O–H groups in total. The first-order chi connectivity index (χ1) is 17.6. The Morgan fingerprint density at radius 2 is 1.31 bits per heavy atom. The second-order valence-corrected chi connectivity index (χ2v) is 9.01. The van der Waals surface area contributed by atoms with Crippen LogP contribution in [0.5, 0.6) is 5.75 Å². The van der Waals surface area contributed by atoms with E-state index in [9.17, 15) is 4.79 Å². The quantitative estimate of drug-likeness (QED) is 0.518. The fraction of sp³-hybridized carbons (Fsp3) is 0.385. The number of amides is 1. The molecule has 2 saturated heterocycles. The number of piperazine rings is 1. The third-order valence-electron chi connectivity index (χ3n) is 6.46. The molecule has 2 aliphatic heterocycles. The van der Waals surface area contributed by atoms with Gasteiger partial charge in [-0.25, -0.2) is 0 Å². The molecule has 188 valence electrons. The summed E-state index contributed by atoms with van der Waals surface area (Å²) < 4.78 is 5.28. The maximum Gasteiger partial charge on any atom is 0.233 e. The van der Waals surface area contributed by atoms with E-state index in [1.54, 1.807) is 7.11 Å². The predicted octanol–water partition coefficient (Wildman–Crippen LogP) is 3.51. The van der Waals surface area contributed by atoms with Crippen LogP contribution in [0.15, 0.2) is 48.5 Å². The van der Waals surface area contributed by atoms with Gasteiger partial charge in [0.25, 0.3) is 0 Å². The number of nitrogens with zero attached hydrogens (tertiary/aromatic N) is 6. The van der Waals surface area contributed by atoms with Crippen molar-refractivity contribution in [2.75, 3.05) is 71.7 Å². The Labute approximate surface area is 211 Å². The molecule has 1 amide bonds. The number of ether oxygens (including phenoxy) is 1. The molecular formula is C26H32N8O2. The molecule has 10 nitrogen and oxygen atoms in total. The number of benzene rings is 2. The average Bonchev–Trinajstić information content (AvgIpc) is 3.45. The first kappa shape index (κ1) is 23.7. The van der Waals surface area contributed by atoms with E-state index in [0.29, 0.717) is 17.8 Å². The van der Waals surface area contributed by atoms with Crippen LogP contribution in [0.1, 0.15) is 19.8 Å². The molecule has 0 spiro atoms. The van der Waals surface area contributed by atoms with E-state index in [-0.39, 0.29) is 5.91 Å². The van der Waals surface area contributed by atoms with Crippen LogP contribution in [-0.4, -0.2) is 67.2 Å². The van der Waals surface area contributed by atoms with E-state index < -0.39 is 0 Å². The van der Waals surface area contributed by atoms with Crippen molar-refractivity contribution < 1.29 is 9.53 Å². The lowest BCUT2D eigenvalue weighted by Crippen LogP contribution is -2.47. The fourth-order valence-corrected chi connectivity index (χ4v) is 4.54. The van der Waals surface area contributed by atoms with Gasteiger partial charge in [0.05, 0.1) is 7.11 Å². The molecule has 0 unspecified atom stereocenters. The molecule has 0 bridgehead atoms. The highest BCUT2D eigenvalue weighted by Gasteiger charge is 2.23. The lowest BCUT2D eigenvalue weighted by atomic mass is 10.2. The van der Waals surface area contributed by atoms with Gasteiger partial charge in [0, 0.05) is 63.3 Å². The Kier molecular flexibility index (Phi) is 7.01. The van der Waals surface area contributed by atoms with E-state index >= 15 is 0 Å². The van der Waals surface area contributed by atoms with Gasteiger partial charge in [0.2, 0.25) is 23.8 Å². The number of hydrogen-bond donors (Lipinski definition) is 2. The van der Waals surface area contributed by atoms with Gasteiger partial charge in [0.15, 0.2) is 0 Å². The molecular weight excluding hydrogens is 456 g/mol. The van der Waals surface area contributed by atoms with Crippen molar-refractivity contribution in [3.63, 3.8) is 0 Å². The normalized spacial score (nSPS) is 15.7. The van der Waals surface area contributed by atoms with Gasteiger partial charge in [-0.2, -0.15) is 15.0 Å². The summed E-state index contributed by atoms with van der Waals surface area (Å²) >= 11 is 0. The third-order valence-corrected chi connectivity index (χ3v) is 6.46. The summed E-state index contributed by atoms with van der Waals surface area (Å²) in [6.45, 7) is 6.81. The maximum absolute atomic E-state index is 11.3. The zero-order valence-corrected chi connectivity index (χ0v) is 20.8. The van der Waals surface area contributed by atoms with Crippen LogP contribution in [0.25, 0.3) is 0 Å². The van der Waals surface area contributed by atoms with Crippen molar-refractivity contribution in [3.8, 4) is 5.75 Å². The molecule has 0 radical (unpaired) electrons. The number of aromatic nitrogens is 3. The van der Waals surface area contributed by atoms with Crippen molar-refractivity contribution >= 4 is 40.8 Å². The van der Waals surface area contributed by atoms with E-state index in [0.717, 1.165) is 69.2 Å². The molecule has 0 atom stereocenters. The van der Waals surface area contributed by atoms with E-state index in [1.165, 1.54) is 12.6 Å². The first-order valence-corrected chi connectivity index (χ1v) is 12.4. The van der Waals surface area contributed by atoms with Crippen LogP contribution in [0, 0.1) is 0 Å². The molecule has 2 aliphatic rings. The standard InChI is InChI=1S/C26H32N8O2/c1-19(35)27-20-5-7-21(8-6-20)28-24-29-25(33-13-3-4-14-33)31-26(30-24)34-17-15-32(16-18-34)22-9-11-23(36-2)12-10-22/h5-12H,3-4,13-18H2,1-2H3,(H,27,35)(H,28,29,30,31). The number of rotatable bonds is 7. The zero-order chi connectivity index (χ0) is 24.9. The summed E-state index contributed by atoms with van der Waals surface area (Å²) in [7, 11) is 1.68. The van der Waals surface area contributed by atoms with Gasteiger partial charge < -0.3 is 30.1 Å². The van der Waals surface area contributed by atoms with Gasteiger partial charge in [-0.3, -0.25) is 4.79 Å². The molecule has 0 saturated carbocycles. The van der Waals surface area contributed by atoms with Crippen molar-refractivity contribution in [2.24, 2.45) is 0 Å². The Bertz CT molecular complexity index is 1170. The van der Waals surface area contributed by atoms with Gasteiger partial charge in [0.1, 0.15) is 5.75 Å². The summed E-state index contributed by atoms with van der Waals surface area (Å²) in [4.78, 5) is 32.5. The average molecular weight is 489 g/mol. The Hall–Kier alpha value is -4.08. The predicted molar refractivity (Wildman–Crippen MR) is 143 cm³/mol. The number of hydrogen-bond acceptors (Lipinski definition) is 9. The van der Waals surface area contributed by atoms with Crippen LogP contribution in [0.3, 0.4) is 0 Å². The molecule has 36 heavy (non-hydrogen) atoms. The second kappa shape index (κ2) is 10.7. The highest BCUT2D eigenvalue weighted by molar-refractivity contribution is 5.88. The highest BCUT2D eigenvalue weighted by atomic mass is 16.5. The van der Waals surface area contributed by atoms with Crippen LogP contribution in [0.2, 0.25) is 0 Å². The second-order valence-electron chi connectivity index (χ2n) is 9.01. The van der Waals surface area contributed by atoms with E-state index in [1.807, 2.05) is 36.4 Å². The minimum Gasteiger partial charge on any atom is -0.497 e. The largest absolute Gasteiger partial charge is 0.497 e. The molecule has 3 aromatic rings. The molecule has 3 heterocycles. The first-order valence-electron chi connectivity index (χ1n) is 12.4. The lowest BCUT2D eigenvalue weighted by molar-refractivity contribution is -0.114. The molecule has 0 aliphatic carbocycles. The van der Waals surface area contributed by atoms with Crippen molar-refractivity contribution in [1.82, 2.24) is 15.0 Å². The Morgan fingerprint density at radius 3 is 1.89 bits per heavy atom. The zero-order valence-electron chi connectivity index (χ0n) is 20.8. The van der Waals surface area contributed by atoms with Crippen LogP contribution >= 0.6 is 0 Å². The van der Waals surface area contributed by atoms with Crippen LogP contribution in [-0.2, 0) is 4.79 Å². The monoisotopic (exact) mass is 488 g/mol. The maximum atomic E-state index is 11.3. The lowest BCUT2D eigenvalue weighted by Gasteiger charge is -2.36. The van der Waals surface area contributed by atoms with Crippen molar-refractivity contribution in [2.45, 2.75) is 19.8 Å². The van der Waals surface area contributed by atoms with Crippen molar-refractivity contribution in [3.05, 3.63) is 48.5 Å². The van der Waals surface area contributed by atoms with E-state index in [4.69, 9.17) is 19.7 Å². The van der Waals surface area contributed by atoms with Gasteiger partial charge in [-0.15, -0.1) is 0 Å². The highest BCUT2D eigenvalue weighted by Crippen LogP contribution is 2.25. The van der Waals surface area contributed by atoms with Gasteiger partial charge in [-0.05, 0) is 61.4 Å². The van der Waals surface area contributed by atoms with Gasteiger partial charge in [-0.1, -0.05) is 0 Å². The number of carbonyl (C=O) groups excluding carboxylic acids is 1. The summed E-state index contributed by atoms with van der Waals surface area (Å²) in [5, 5.41) is 6.11. The number of methoxy groups -OCH3 is 1. The molecule has 10 heteroatoms. The van der Waals surface area contributed by atoms with E-state index in [2.05, 4.69) is 37.5 Å². The summed E-state index contributed by atoms with van der Waals surface area (Å²) in [5.74, 6) is 2.69. The SMILES string of the molecule is COc1ccc(N2CCN(c3nc(Nc4ccc(NC(C)=O)cc4)nc(N4CCCC4)n3)CC2)cc1. The minimum atomic E-state index is -0.0971. The summed E-state index contributed by atoms with van der Waals surface area (Å²) in [6.07, 6.45) is 2.30. The molecule has 1 aromatic heterocycles. The third kappa shape index (κ3) is 5.59. The number of nitrogens with one attached hydrogen (secondary N) is 2. The van der Waals surface area contributed by atoms with Crippen molar-refractivity contribution in [1.29, 1.82) is 0 Å². The number of carbonyl (C=O) groups is 1. The van der Waals surface area contributed by atoms with Crippen LogP contribution < -0.4 is 30.1 Å². The summed E-state index contributed by atoms with van der Waals surface area (Å²) in [6, 6.07) is 15.7. The van der Waals surface area contributed by atoms with Crippen LogP contribution in [0.4, 0.5) is 34.9 Å². The topological polar surface area (TPSA) is 98.8 Å². The smallest absolute Gasteiger partial charge is 0.233 e. The van der Waals surface area contributed by atoms with Gasteiger partial charge >= 0.3 is 0 Å². The molecule has 5 rings (SSSR count).